The molecule has 0 atom stereocenters. The van der Waals surface area contributed by atoms with Crippen molar-refractivity contribution in [2.24, 2.45) is 0 Å². The van der Waals surface area contributed by atoms with Gasteiger partial charge in [0.1, 0.15) is 6.33 Å². The van der Waals surface area contributed by atoms with Gasteiger partial charge in [-0.1, -0.05) is 0 Å². The van der Waals surface area contributed by atoms with Gasteiger partial charge in [-0.2, -0.15) is 0 Å². The minimum atomic E-state index is 0.132. The summed E-state index contributed by atoms with van der Waals surface area (Å²) < 4.78 is 5.33. The number of carbonyl (C=O) groups is 1. The first-order valence-electron chi connectivity index (χ1n) is 7.32. The first-order valence-corrected chi connectivity index (χ1v) is 7.32. The zero-order valence-electron chi connectivity index (χ0n) is 13.3. The van der Waals surface area contributed by atoms with E-state index in [0.717, 1.165) is 19.6 Å². The first-order chi connectivity index (χ1) is 10.2. The van der Waals surface area contributed by atoms with Gasteiger partial charge in [0.2, 0.25) is 11.7 Å². The Labute approximate surface area is 126 Å². The summed E-state index contributed by atoms with van der Waals surface area (Å²) in [6, 6.07) is 0. The number of ether oxygens (including phenoxy) is 1. The predicted molar refractivity (Wildman–Crippen MR) is 83.8 cm³/mol. The predicted octanol–water partition coefficient (Wildman–Crippen LogP) is 1.59. The number of hydrogen-bond acceptors (Lipinski definition) is 6. The Morgan fingerprint density at radius 1 is 1.19 bits per heavy atom. The monoisotopic (exact) mass is 295 g/mol. The third-order valence-corrected chi connectivity index (χ3v) is 3.10. The van der Waals surface area contributed by atoms with Crippen LogP contribution in [0.3, 0.4) is 0 Å². The fourth-order valence-electron chi connectivity index (χ4n) is 2.01. The van der Waals surface area contributed by atoms with Gasteiger partial charge in [-0.05, 0) is 20.8 Å². The molecule has 0 aromatic carbocycles. The van der Waals surface area contributed by atoms with Crippen LogP contribution in [0, 0.1) is 0 Å². The standard InChI is InChI=1S/C14H25N5O2/c1-5-15-13-12(21-4)14(18-10-17-13)16-9-8-11(20)19(6-2)7-3/h10H,5-9H2,1-4H3,(H2,15,16,17,18). The van der Waals surface area contributed by atoms with Gasteiger partial charge in [-0.3, -0.25) is 4.79 Å². The van der Waals surface area contributed by atoms with Crippen molar-refractivity contribution in [2.45, 2.75) is 27.2 Å². The van der Waals surface area contributed by atoms with Crippen molar-refractivity contribution >= 4 is 17.5 Å². The van der Waals surface area contributed by atoms with Crippen LogP contribution in [0.4, 0.5) is 11.6 Å². The molecule has 0 saturated carbocycles. The topological polar surface area (TPSA) is 79.4 Å². The van der Waals surface area contributed by atoms with Crippen molar-refractivity contribution in [3.05, 3.63) is 6.33 Å². The Kier molecular flexibility index (Phi) is 7.28. The molecule has 1 aromatic heterocycles. The zero-order valence-corrected chi connectivity index (χ0v) is 13.3. The molecule has 0 fully saturated rings. The Hall–Kier alpha value is -2.05. The zero-order chi connectivity index (χ0) is 15.7. The summed E-state index contributed by atoms with van der Waals surface area (Å²) in [6.07, 6.45) is 1.89. The Morgan fingerprint density at radius 3 is 2.33 bits per heavy atom. The Balaban J connectivity index is 2.63. The van der Waals surface area contributed by atoms with Gasteiger partial charge in [0.15, 0.2) is 11.6 Å². The van der Waals surface area contributed by atoms with Crippen molar-refractivity contribution in [3.8, 4) is 5.75 Å². The van der Waals surface area contributed by atoms with Gasteiger partial charge in [-0.25, -0.2) is 9.97 Å². The average molecular weight is 295 g/mol. The molecular formula is C14H25N5O2. The minimum absolute atomic E-state index is 0.132. The minimum Gasteiger partial charge on any atom is -0.490 e. The molecule has 1 aromatic rings. The van der Waals surface area contributed by atoms with Crippen molar-refractivity contribution in [2.75, 3.05) is 43.9 Å². The fraction of sp³-hybridized carbons (Fsp3) is 0.643. The van der Waals surface area contributed by atoms with Crippen molar-refractivity contribution < 1.29 is 9.53 Å². The number of nitrogens with zero attached hydrogens (tertiary/aromatic N) is 3. The van der Waals surface area contributed by atoms with Gasteiger partial charge in [0.05, 0.1) is 7.11 Å². The molecule has 0 aliphatic rings. The van der Waals surface area contributed by atoms with Crippen LogP contribution in [-0.2, 0) is 4.79 Å². The van der Waals surface area contributed by atoms with Gasteiger partial charge < -0.3 is 20.3 Å². The number of nitrogens with one attached hydrogen (secondary N) is 2. The lowest BCUT2D eigenvalue weighted by atomic mass is 10.3. The van der Waals surface area contributed by atoms with E-state index in [1.54, 1.807) is 7.11 Å². The largest absolute Gasteiger partial charge is 0.490 e. The maximum absolute atomic E-state index is 11.9. The third-order valence-electron chi connectivity index (χ3n) is 3.10. The van der Waals surface area contributed by atoms with Gasteiger partial charge >= 0.3 is 0 Å². The molecule has 21 heavy (non-hydrogen) atoms. The summed E-state index contributed by atoms with van der Waals surface area (Å²) in [6.45, 7) is 8.66. The lowest BCUT2D eigenvalue weighted by molar-refractivity contribution is -0.130. The van der Waals surface area contributed by atoms with E-state index in [1.807, 2.05) is 25.7 Å². The van der Waals surface area contributed by atoms with Crippen LogP contribution >= 0.6 is 0 Å². The maximum Gasteiger partial charge on any atom is 0.224 e. The van der Waals surface area contributed by atoms with E-state index < -0.39 is 0 Å². The molecule has 0 aliphatic heterocycles. The molecule has 1 heterocycles. The van der Waals surface area contributed by atoms with E-state index in [9.17, 15) is 4.79 Å². The summed E-state index contributed by atoms with van der Waals surface area (Å²) in [5.41, 5.74) is 0. The average Bonchev–Trinajstić information content (AvgIpc) is 2.49. The van der Waals surface area contributed by atoms with E-state index in [2.05, 4.69) is 20.6 Å². The summed E-state index contributed by atoms with van der Waals surface area (Å²) >= 11 is 0. The number of hydrogen-bond donors (Lipinski definition) is 2. The van der Waals surface area contributed by atoms with Crippen LogP contribution in [0.15, 0.2) is 6.33 Å². The van der Waals surface area contributed by atoms with Crippen LogP contribution in [0.25, 0.3) is 0 Å². The maximum atomic E-state index is 11.9. The van der Waals surface area contributed by atoms with Gasteiger partial charge in [0, 0.05) is 32.6 Å². The summed E-state index contributed by atoms with van der Waals surface area (Å²) in [7, 11) is 1.58. The van der Waals surface area contributed by atoms with Crippen LogP contribution in [0.2, 0.25) is 0 Å². The Morgan fingerprint density at radius 2 is 1.81 bits per heavy atom. The number of anilines is 2. The number of carbonyl (C=O) groups excluding carboxylic acids is 1. The lowest BCUT2D eigenvalue weighted by Gasteiger charge is -2.19. The Bertz CT molecular complexity index is 449. The van der Waals surface area contributed by atoms with Crippen LogP contribution in [-0.4, -0.2) is 54.1 Å². The highest BCUT2D eigenvalue weighted by atomic mass is 16.5. The van der Waals surface area contributed by atoms with E-state index in [4.69, 9.17) is 4.74 Å². The normalized spacial score (nSPS) is 10.1. The quantitative estimate of drug-likeness (QED) is 0.720. The smallest absolute Gasteiger partial charge is 0.224 e. The highest BCUT2D eigenvalue weighted by molar-refractivity contribution is 5.76. The van der Waals surface area contributed by atoms with E-state index in [0.29, 0.717) is 30.4 Å². The molecule has 0 radical (unpaired) electrons. The molecule has 118 valence electrons. The molecule has 2 N–H and O–H groups in total. The van der Waals surface area contributed by atoms with E-state index in [-0.39, 0.29) is 5.91 Å². The fourth-order valence-corrected chi connectivity index (χ4v) is 2.01. The molecule has 7 heteroatoms. The number of aromatic nitrogens is 2. The number of rotatable bonds is 9. The van der Waals surface area contributed by atoms with E-state index in [1.165, 1.54) is 6.33 Å². The SMILES string of the molecule is CCNc1ncnc(NCCC(=O)N(CC)CC)c1OC. The molecule has 0 unspecified atom stereocenters. The first kappa shape index (κ1) is 17.0. The van der Waals surface area contributed by atoms with Gasteiger partial charge in [0.25, 0.3) is 0 Å². The lowest BCUT2D eigenvalue weighted by Crippen LogP contribution is -2.31. The van der Waals surface area contributed by atoms with Crippen molar-refractivity contribution in [1.29, 1.82) is 0 Å². The number of methoxy groups -OCH3 is 1. The summed E-state index contributed by atoms with van der Waals surface area (Å²) in [4.78, 5) is 22.0. The number of amides is 1. The molecule has 7 nitrogen and oxygen atoms in total. The van der Waals surface area contributed by atoms with E-state index >= 15 is 0 Å². The summed E-state index contributed by atoms with van der Waals surface area (Å²) in [5, 5.41) is 6.25. The van der Waals surface area contributed by atoms with Crippen LogP contribution in [0.1, 0.15) is 27.2 Å². The second-order valence-corrected chi connectivity index (χ2v) is 4.38. The van der Waals surface area contributed by atoms with Crippen molar-refractivity contribution in [1.82, 2.24) is 14.9 Å². The molecule has 0 bridgehead atoms. The second-order valence-electron chi connectivity index (χ2n) is 4.38. The highest BCUT2D eigenvalue weighted by Gasteiger charge is 2.13. The second kappa shape index (κ2) is 8.99. The highest BCUT2D eigenvalue weighted by Crippen LogP contribution is 2.28. The molecule has 1 rings (SSSR count). The van der Waals surface area contributed by atoms with Gasteiger partial charge in [-0.15, -0.1) is 0 Å². The molecule has 1 amide bonds. The summed E-state index contributed by atoms with van der Waals surface area (Å²) in [5.74, 6) is 1.94. The molecule has 0 saturated heterocycles. The molecule has 0 aliphatic carbocycles. The van der Waals surface area contributed by atoms with Crippen LogP contribution < -0.4 is 15.4 Å². The molecular weight excluding hydrogens is 270 g/mol. The third kappa shape index (κ3) is 4.77. The van der Waals surface area contributed by atoms with Crippen LogP contribution in [0.5, 0.6) is 5.75 Å². The molecule has 0 spiro atoms. The van der Waals surface area contributed by atoms with Crippen molar-refractivity contribution in [3.63, 3.8) is 0 Å².